The maximum absolute atomic E-state index is 12.1. The molecule has 140 valence electrons. The van der Waals surface area contributed by atoms with Gasteiger partial charge < -0.3 is 9.57 Å². The van der Waals surface area contributed by atoms with E-state index in [1.165, 1.54) is 19.2 Å². The van der Waals surface area contributed by atoms with E-state index in [1.54, 1.807) is 25.5 Å². The number of esters is 1. The van der Waals surface area contributed by atoms with Gasteiger partial charge in [0.15, 0.2) is 17.1 Å². The lowest BCUT2D eigenvalue weighted by Gasteiger charge is -2.26. The molecule has 0 unspecified atom stereocenters. The highest BCUT2D eigenvalue weighted by Gasteiger charge is 2.35. The summed E-state index contributed by atoms with van der Waals surface area (Å²) in [6.07, 6.45) is 0.331. The Labute approximate surface area is 149 Å². The van der Waals surface area contributed by atoms with E-state index < -0.39 is 27.5 Å². The van der Waals surface area contributed by atoms with Crippen molar-refractivity contribution in [3.63, 3.8) is 0 Å². The monoisotopic (exact) mass is 393 g/mol. The molecule has 0 aromatic carbocycles. The highest BCUT2D eigenvalue weighted by Crippen LogP contribution is 2.20. The van der Waals surface area contributed by atoms with Crippen molar-refractivity contribution in [2.24, 2.45) is 5.16 Å². The summed E-state index contributed by atoms with van der Waals surface area (Å²) < 4.78 is 37.1. The van der Waals surface area contributed by atoms with Crippen LogP contribution in [-0.4, -0.2) is 47.1 Å². The molecule has 0 radical (unpaired) electrons. The van der Waals surface area contributed by atoms with E-state index in [4.69, 9.17) is 14.1 Å². The second-order valence-corrected chi connectivity index (χ2v) is 8.33. The third-order valence-corrected chi connectivity index (χ3v) is 3.70. The minimum absolute atomic E-state index is 0.00568. The van der Waals surface area contributed by atoms with E-state index in [0.29, 0.717) is 6.29 Å². The quantitative estimate of drug-likeness (QED) is 0.232. The number of carbonyl (C=O) groups is 2. The van der Waals surface area contributed by atoms with Crippen LogP contribution in [0.15, 0.2) is 10.5 Å². The van der Waals surface area contributed by atoms with Crippen molar-refractivity contribution >= 4 is 44.7 Å². The van der Waals surface area contributed by atoms with Crippen LogP contribution < -0.4 is 4.72 Å². The average Bonchev–Trinajstić information content (AvgIpc) is 2.83. The number of nitrogens with one attached hydrogen (secondary N) is 1. The molecule has 1 aromatic rings. The molecule has 2 N–H and O–H groups in total. The summed E-state index contributed by atoms with van der Waals surface area (Å²) in [5.41, 5.74) is -2.45. The number of aromatic nitrogens is 1. The predicted octanol–water partition coefficient (Wildman–Crippen LogP) is 1.40. The van der Waals surface area contributed by atoms with Gasteiger partial charge in [0.1, 0.15) is 11.3 Å². The normalized spacial score (nSPS) is 13.3. The molecule has 1 heterocycles. The topological polar surface area (TPSA) is 144 Å². The standard InChI is InChI=1S/C13H19N3O7S2/c1-12(2,3)22-10(18)13(4,5)23-15-8(6-17)9-7-24-11(14-9)16-25(19,20)21/h6-7H,1-5H3,(H,14,16)(H,19,20,21)/b15-8+. The van der Waals surface area contributed by atoms with E-state index in [9.17, 15) is 18.0 Å². The lowest BCUT2D eigenvalue weighted by molar-refractivity contribution is -0.179. The summed E-state index contributed by atoms with van der Waals surface area (Å²) >= 11 is 0.819. The Kier molecular flexibility index (Phi) is 6.26. The summed E-state index contributed by atoms with van der Waals surface area (Å²) in [7, 11) is -4.48. The Balaban J connectivity index is 2.93. The van der Waals surface area contributed by atoms with Crippen LogP contribution >= 0.6 is 11.3 Å². The molecule has 0 saturated heterocycles. The number of hydrogen-bond acceptors (Lipinski definition) is 9. The number of ether oxygens (including phenoxy) is 1. The minimum atomic E-state index is -4.48. The third kappa shape index (κ3) is 7.15. The first-order valence-corrected chi connectivity index (χ1v) is 9.21. The maximum Gasteiger partial charge on any atom is 0.359 e. The van der Waals surface area contributed by atoms with Gasteiger partial charge in [0, 0.05) is 5.38 Å². The van der Waals surface area contributed by atoms with Crippen molar-refractivity contribution in [2.45, 2.75) is 45.8 Å². The van der Waals surface area contributed by atoms with Crippen LogP contribution in [0.3, 0.4) is 0 Å². The molecule has 0 aliphatic carbocycles. The van der Waals surface area contributed by atoms with Crippen molar-refractivity contribution in [3.8, 4) is 0 Å². The fourth-order valence-corrected chi connectivity index (χ4v) is 2.60. The van der Waals surface area contributed by atoms with Gasteiger partial charge >= 0.3 is 16.3 Å². The van der Waals surface area contributed by atoms with Gasteiger partial charge in [-0.25, -0.2) is 14.5 Å². The molecular weight excluding hydrogens is 374 g/mol. The lowest BCUT2D eigenvalue weighted by atomic mass is 10.1. The molecule has 0 fully saturated rings. The lowest BCUT2D eigenvalue weighted by Crippen LogP contribution is -2.40. The van der Waals surface area contributed by atoms with E-state index in [-0.39, 0.29) is 16.5 Å². The Morgan fingerprint density at radius 2 is 1.96 bits per heavy atom. The first-order valence-electron chi connectivity index (χ1n) is 6.89. The molecular formula is C13H19N3O7S2. The summed E-state index contributed by atoms with van der Waals surface area (Å²) in [5, 5.41) is 4.75. The van der Waals surface area contributed by atoms with E-state index >= 15 is 0 Å². The van der Waals surface area contributed by atoms with Crippen LogP contribution in [0.2, 0.25) is 0 Å². The van der Waals surface area contributed by atoms with Crippen LogP contribution in [0.25, 0.3) is 0 Å². The largest absolute Gasteiger partial charge is 0.457 e. The maximum atomic E-state index is 12.1. The van der Waals surface area contributed by atoms with Gasteiger partial charge in [0.2, 0.25) is 5.60 Å². The molecule has 0 atom stereocenters. The van der Waals surface area contributed by atoms with Crippen LogP contribution in [-0.2, 0) is 29.5 Å². The van der Waals surface area contributed by atoms with Crippen LogP contribution in [0, 0.1) is 0 Å². The molecule has 0 aliphatic heterocycles. The van der Waals surface area contributed by atoms with E-state index in [2.05, 4.69) is 10.1 Å². The predicted molar refractivity (Wildman–Crippen MR) is 90.9 cm³/mol. The van der Waals surface area contributed by atoms with E-state index in [0.717, 1.165) is 11.3 Å². The summed E-state index contributed by atoms with van der Waals surface area (Å²) in [5.74, 6) is -0.680. The van der Waals surface area contributed by atoms with Crippen molar-refractivity contribution in [3.05, 3.63) is 11.1 Å². The number of anilines is 1. The van der Waals surface area contributed by atoms with Crippen molar-refractivity contribution in [1.29, 1.82) is 0 Å². The van der Waals surface area contributed by atoms with Gasteiger partial charge in [-0.1, -0.05) is 5.16 Å². The zero-order valence-electron chi connectivity index (χ0n) is 14.3. The Morgan fingerprint density at radius 3 is 2.44 bits per heavy atom. The molecule has 10 nitrogen and oxygen atoms in total. The first kappa shape index (κ1) is 21.0. The minimum Gasteiger partial charge on any atom is -0.457 e. The number of aldehydes is 1. The highest BCUT2D eigenvalue weighted by atomic mass is 32.2. The molecule has 0 spiro atoms. The Morgan fingerprint density at radius 1 is 1.36 bits per heavy atom. The number of rotatable bonds is 7. The number of carbonyl (C=O) groups excluding carboxylic acids is 2. The molecule has 25 heavy (non-hydrogen) atoms. The molecule has 1 rings (SSSR count). The SMILES string of the molecule is CC(C)(C)OC(=O)C(C)(C)O/N=C(\C=O)c1csc(NS(=O)(=O)O)n1. The smallest absolute Gasteiger partial charge is 0.359 e. The van der Waals surface area contributed by atoms with Crippen LogP contribution in [0.4, 0.5) is 5.13 Å². The fourth-order valence-electron chi connectivity index (χ4n) is 1.28. The summed E-state index contributed by atoms with van der Waals surface area (Å²) in [6.45, 7) is 7.92. The Bertz CT molecular complexity index is 776. The number of thiazole rings is 1. The number of nitrogens with zero attached hydrogens (tertiary/aromatic N) is 2. The highest BCUT2D eigenvalue weighted by molar-refractivity contribution is 7.87. The average molecular weight is 393 g/mol. The summed E-state index contributed by atoms with van der Waals surface area (Å²) in [6, 6.07) is 0. The number of hydrogen-bond donors (Lipinski definition) is 2. The Hall–Kier alpha value is -2.05. The molecule has 1 aromatic heterocycles. The zero-order chi connectivity index (χ0) is 19.5. The van der Waals surface area contributed by atoms with Gasteiger partial charge in [0.25, 0.3) is 0 Å². The molecule has 0 bridgehead atoms. The molecule has 0 saturated carbocycles. The molecule has 0 aliphatic rings. The third-order valence-electron chi connectivity index (χ3n) is 2.36. The van der Waals surface area contributed by atoms with Crippen molar-refractivity contribution in [2.75, 3.05) is 4.72 Å². The van der Waals surface area contributed by atoms with Gasteiger partial charge in [-0.15, -0.1) is 11.3 Å². The van der Waals surface area contributed by atoms with Gasteiger partial charge in [-0.3, -0.25) is 9.35 Å². The van der Waals surface area contributed by atoms with E-state index in [1.807, 2.05) is 0 Å². The first-order chi connectivity index (χ1) is 11.2. The van der Waals surface area contributed by atoms with Crippen molar-refractivity contribution in [1.82, 2.24) is 4.98 Å². The fraction of sp³-hybridized carbons (Fsp3) is 0.538. The second kappa shape index (κ2) is 7.45. The summed E-state index contributed by atoms with van der Waals surface area (Å²) in [4.78, 5) is 32.1. The molecule has 12 heteroatoms. The van der Waals surface area contributed by atoms with Gasteiger partial charge in [0.05, 0.1) is 0 Å². The zero-order valence-corrected chi connectivity index (χ0v) is 15.9. The van der Waals surface area contributed by atoms with Gasteiger partial charge in [-0.05, 0) is 34.6 Å². The van der Waals surface area contributed by atoms with Crippen LogP contribution in [0.5, 0.6) is 0 Å². The van der Waals surface area contributed by atoms with Gasteiger partial charge in [-0.2, -0.15) is 8.42 Å². The van der Waals surface area contributed by atoms with Crippen LogP contribution in [0.1, 0.15) is 40.3 Å². The van der Waals surface area contributed by atoms with Crippen molar-refractivity contribution < 1.29 is 32.1 Å². The molecule has 0 amide bonds. The second-order valence-electron chi connectivity index (χ2n) is 6.31. The number of oxime groups is 1.